The Labute approximate surface area is 76.3 Å². The van der Waals surface area contributed by atoms with Gasteiger partial charge in [0.15, 0.2) is 0 Å². The third kappa shape index (κ3) is 1.06. The SMILES string of the molecule is OCC1C(Cl)=Cc2ccccc21. The van der Waals surface area contributed by atoms with Crippen LogP contribution >= 0.6 is 11.6 Å². The van der Waals surface area contributed by atoms with E-state index in [4.69, 9.17) is 16.7 Å². The van der Waals surface area contributed by atoms with Gasteiger partial charge in [0.2, 0.25) is 0 Å². The number of fused-ring (bicyclic) bond motifs is 1. The molecule has 62 valence electrons. The molecule has 0 bridgehead atoms. The molecule has 1 aliphatic rings. The van der Waals surface area contributed by atoms with E-state index in [-0.39, 0.29) is 12.5 Å². The first-order chi connectivity index (χ1) is 5.83. The van der Waals surface area contributed by atoms with Crippen molar-refractivity contribution in [3.8, 4) is 0 Å². The molecule has 1 aromatic rings. The van der Waals surface area contributed by atoms with Crippen LogP contribution in [0.1, 0.15) is 17.0 Å². The van der Waals surface area contributed by atoms with Crippen molar-refractivity contribution < 1.29 is 5.11 Å². The van der Waals surface area contributed by atoms with E-state index < -0.39 is 0 Å². The van der Waals surface area contributed by atoms with Gasteiger partial charge < -0.3 is 5.11 Å². The summed E-state index contributed by atoms with van der Waals surface area (Å²) in [4.78, 5) is 0. The number of aliphatic hydroxyl groups is 1. The Morgan fingerprint density at radius 3 is 2.83 bits per heavy atom. The molecule has 1 nitrogen and oxygen atoms in total. The van der Waals surface area contributed by atoms with Gasteiger partial charge in [-0.1, -0.05) is 35.9 Å². The Balaban J connectivity index is 2.50. The maximum absolute atomic E-state index is 9.06. The first-order valence-corrected chi connectivity index (χ1v) is 4.27. The molecule has 1 aromatic carbocycles. The van der Waals surface area contributed by atoms with Crippen molar-refractivity contribution in [2.24, 2.45) is 0 Å². The van der Waals surface area contributed by atoms with Gasteiger partial charge in [0, 0.05) is 11.0 Å². The maximum Gasteiger partial charge on any atom is 0.0549 e. The summed E-state index contributed by atoms with van der Waals surface area (Å²) in [5, 5.41) is 9.79. The fraction of sp³-hybridized carbons (Fsp3) is 0.200. The van der Waals surface area contributed by atoms with E-state index >= 15 is 0 Å². The highest BCUT2D eigenvalue weighted by Crippen LogP contribution is 2.37. The van der Waals surface area contributed by atoms with Gasteiger partial charge in [-0.2, -0.15) is 0 Å². The van der Waals surface area contributed by atoms with Crippen LogP contribution in [0.2, 0.25) is 0 Å². The topological polar surface area (TPSA) is 20.2 Å². The van der Waals surface area contributed by atoms with Gasteiger partial charge in [0.25, 0.3) is 0 Å². The van der Waals surface area contributed by atoms with Crippen LogP contribution < -0.4 is 0 Å². The Bertz CT molecular complexity index is 330. The normalized spacial score (nSPS) is 20.5. The lowest BCUT2D eigenvalue weighted by Gasteiger charge is -2.08. The van der Waals surface area contributed by atoms with Gasteiger partial charge >= 0.3 is 0 Å². The molecule has 0 saturated carbocycles. The Morgan fingerprint density at radius 2 is 2.08 bits per heavy atom. The lowest BCUT2D eigenvalue weighted by Crippen LogP contribution is -2.00. The first kappa shape index (κ1) is 7.84. The highest BCUT2D eigenvalue weighted by atomic mass is 35.5. The van der Waals surface area contributed by atoms with E-state index in [1.807, 2.05) is 30.3 Å². The van der Waals surface area contributed by atoms with Crippen LogP contribution in [0, 0.1) is 0 Å². The lowest BCUT2D eigenvalue weighted by molar-refractivity contribution is 0.283. The van der Waals surface area contributed by atoms with Gasteiger partial charge in [-0.05, 0) is 17.2 Å². The number of halogens is 1. The first-order valence-electron chi connectivity index (χ1n) is 3.90. The van der Waals surface area contributed by atoms with Gasteiger partial charge in [-0.3, -0.25) is 0 Å². The second-order valence-electron chi connectivity index (χ2n) is 2.89. The summed E-state index contributed by atoms with van der Waals surface area (Å²) < 4.78 is 0. The molecule has 1 N–H and O–H groups in total. The molecular formula is C10H9ClO. The smallest absolute Gasteiger partial charge is 0.0549 e. The largest absolute Gasteiger partial charge is 0.395 e. The summed E-state index contributed by atoms with van der Waals surface area (Å²) in [6, 6.07) is 7.94. The number of hydrogen-bond acceptors (Lipinski definition) is 1. The van der Waals surface area contributed by atoms with Gasteiger partial charge in [0.05, 0.1) is 6.61 Å². The van der Waals surface area contributed by atoms with E-state index in [1.54, 1.807) is 0 Å². The van der Waals surface area contributed by atoms with Crippen LogP contribution in [0.25, 0.3) is 6.08 Å². The van der Waals surface area contributed by atoms with Crippen molar-refractivity contribution in [3.05, 3.63) is 40.4 Å². The third-order valence-corrected chi connectivity index (χ3v) is 2.55. The monoisotopic (exact) mass is 180 g/mol. The molecule has 0 radical (unpaired) electrons. The second kappa shape index (κ2) is 2.92. The molecule has 0 heterocycles. The maximum atomic E-state index is 9.06. The summed E-state index contributed by atoms with van der Waals surface area (Å²) in [5.74, 6) is 0.00265. The Hall–Kier alpha value is -0.790. The van der Waals surface area contributed by atoms with E-state index in [2.05, 4.69) is 0 Å². The minimum absolute atomic E-state index is 0.00265. The standard InChI is InChI=1S/C10H9ClO/c11-10-5-7-3-1-2-4-8(7)9(10)6-12/h1-5,9,12H,6H2. The molecule has 1 aliphatic carbocycles. The van der Waals surface area contributed by atoms with Crippen LogP contribution in [0.15, 0.2) is 29.3 Å². The third-order valence-electron chi connectivity index (χ3n) is 2.18. The van der Waals surface area contributed by atoms with Crippen LogP contribution in [0.5, 0.6) is 0 Å². The Morgan fingerprint density at radius 1 is 1.33 bits per heavy atom. The predicted molar refractivity (Wildman–Crippen MR) is 50.1 cm³/mol. The average molecular weight is 181 g/mol. The fourth-order valence-electron chi connectivity index (χ4n) is 1.54. The zero-order chi connectivity index (χ0) is 8.55. The number of rotatable bonds is 1. The van der Waals surface area contributed by atoms with Crippen molar-refractivity contribution in [2.75, 3.05) is 6.61 Å². The molecule has 12 heavy (non-hydrogen) atoms. The Kier molecular flexibility index (Phi) is 1.91. The summed E-state index contributed by atoms with van der Waals surface area (Å²) in [6.07, 6.45) is 1.91. The average Bonchev–Trinajstić information content (AvgIpc) is 2.40. The van der Waals surface area contributed by atoms with E-state index in [0.29, 0.717) is 0 Å². The molecule has 0 fully saturated rings. The zero-order valence-electron chi connectivity index (χ0n) is 6.50. The van der Waals surface area contributed by atoms with Gasteiger partial charge in [0.1, 0.15) is 0 Å². The van der Waals surface area contributed by atoms with Gasteiger partial charge in [-0.15, -0.1) is 0 Å². The molecule has 1 atom stereocenters. The number of hydrogen-bond donors (Lipinski definition) is 1. The molecule has 0 amide bonds. The van der Waals surface area contributed by atoms with E-state index in [0.717, 1.165) is 16.2 Å². The quantitative estimate of drug-likeness (QED) is 0.704. The van der Waals surface area contributed by atoms with Crippen LogP contribution in [0.3, 0.4) is 0 Å². The minimum atomic E-state index is 0.00265. The second-order valence-corrected chi connectivity index (χ2v) is 3.33. The highest BCUT2D eigenvalue weighted by Gasteiger charge is 2.22. The molecule has 2 heteroatoms. The lowest BCUT2D eigenvalue weighted by atomic mass is 10.0. The molecular weight excluding hydrogens is 172 g/mol. The van der Waals surface area contributed by atoms with Crippen molar-refractivity contribution in [2.45, 2.75) is 5.92 Å². The van der Waals surface area contributed by atoms with Crippen molar-refractivity contribution in [1.82, 2.24) is 0 Å². The van der Waals surface area contributed by atoms with Crippen molar-refractivity contribution in [1.29, 1.82) is 0 Å². The van der Waals surface area contributed by atoms with Crippen LogP contribution in [0.4, 0.5) is 0 Å². The highest BCUT2D eigenvalue weighted by molar-refractivity contribution is 6.33. The van der Waals surface area contributed by atoms with Crippen molar-refractivity contribution >= 4 is 17.7 Å². The van der Waals surface area contributed by atoms with Crippen molar-refractivity contribution in [3.63, 3.8) is 0 Å². The zero-order valence-corrected chi connectivity index (χ0v) is 7.25. The van der Waals surface area contributed by atoms with E-state index in [9.17, 15) is 0 Å². The molecule has 0 spiro atoms. The molecule has 0 aromatic heterocycles. The predicted octanol–water partition coefficient (Wildman–Crippen LogP) is 2.36. The van der Waals surface area contributed by atoms with E-state index in [1.165, 1.54) is 0 Å². The number of aliphatic hydroxyl groups excluding tert-OH is 1. The molecule has 1 unspecified atom stereocenters. The summed E-state index contributed by atoms with van der Waals surface area (Å²) in [6.45, 7) is 0.0896. The van der Waals surface area contributed by atoms with Crippen LogP contribution in [-0.2, 0) is 0 Å². The summed E-state index contributed by atoms with van der Waals surface area (Å²) >= 11 is 5.94. The molecule has 0 aliphatic heterocycles. The molecule has 2 rings (SSSR count). The summed E-state index contributed by atoms with van der Waals surface area (Å²) in [7, 11) is 0. The summed E-state index contributed by atoms with van der Waals surface area (Å²) in [5.41, 5.74) is 2.26. The van der Waals surface area contributed by atoms with Crippen LogP contribution in [-0.4, -0.2) is 11.7 Å². The van der Waals surface area contributed by atoms with Gasteiger partial charge in [-0.25, -0.2) is 0 Å². The number of benzene rings is 1. The minimum Gasteiger partial charge on any atom is -0.395 e. The fourth-order valence-corrected chi connectivity index (χ4v) is 1.85. The molecule has 0 saturated heterocycles.